The van der Waals surface area contributed by atoms with Crippen molar-refractivity contribution >= 4 is 6.09 Å². The number of piperidine rings is 1. The molecule has 2 N–H and O–H groups in total. The van der Waals surface area contributed by atoms with E-state index in [1.807, 2.05) is 25.7 Å². The Kier molecular flexibility index (Phi) is 6.06. The van der Waals surface area contributed by atoms with Crippen LogP contribution < -0.4 is 5.73 Å². The van der Waals surface area contributed by atoms with Gasteiger partial charge in [0.15, 0.2) is 0 Å². The second-order valence-electron chi connectivity index (χ2n) is 7.40. The fraction of sp³-hybridized carbons (Fsp3) is 0.938. The van der Waals surface area contributed by atoms with Crippen LogP contribution in [0.4, 0.5) is 4.79 Å². The number of nitrogens with two attached hydrogens (primary N) is 1. The van der Waals surface area contributed by atoms with Crippen molar-refractivity contribution < 1.29 is 14.3 Å². The fourth-order valence-electron chi connectivity index (χ4n) is 3.08. The van der Waals surface area contributed by atoms with Crippen LogP contribution in [-0.4, -0.2) is 73.5 Å². The van der Waals surface area contributed by atoms with Crippen molar-refractivity contribution in [3.8, 4) is 0 Å². The van der Waals surface area contributed by atoms with Gasteiger partial charge in [-0.05, 0) is 39.5 Å². The van der Waals surface area contributed by atoms with Crippen LogP contribution in [-0.2, 0) is 9.47 Å². The van der Waals surface area contributed by atoms with E-state index in [0.29, 0.717) is 12.5 Å². The van der Waals surface area contributed by atoms with Crippen molar-refractivity contribution in [3.05, 3.63) is 0 Å². The Morgan fingerprint density at radius 2 is 1.95 bits per heavy atom. The zero-order valence-electron chi connectivity index (χ0n) is 14.2. The lowest BCUT2D eigenvalue weighted by Crippen LogP contribution is -2.49. The molecule has 6 nitrogen and oxygen atoms in total. The molecule has 2 saturated heterocycles. The molecule has 22 heavy (non-hydrogen) atoms. The van der Waals surface area contributed by atoms with Gasteiger partial charge in [-0.2, -0.15) is 0 Å². The maximum atomic E-state index is 12.1. The number of carbonyl (C=O) groups excluding carboxylic acids is 1. The first-order valence-corrected chi connectivity index (χ1v) is 8.39. The van der Waals surface area contributed by atoms with Gasteiger partial charge in [-0.1, -0.05) is 0 Å². The van der Waals surface area contributed by atoms with E-state index in [1.54, 1.807) is 0 Å². The minimum Gasteiger partial charge on any atom is -0.444 e. The van der Waals surface area contributed by atoms with Crippen LogP contribution in [0.15, 0.2) is 0 Å². The first kappa shape index (κ1) is 17.5. The summed E-state index contributed by atoms with van der Waals surface area (Å²) in [4.78, 5) is 16.3. The summed E-state index contributed by atoms with van der Waals surface area (Å²) in [6, 6.07) is 0. The molecule has 2 heterocycles. The molecule has 1 amide bonds. The van der Waals surface area contributed by atoms with Gasteiger partial charge in [0.2, 0.25) is 0 Å². The van der Waals surface area contributed by atoms with Gasteiger partial charge in [0.25, 0.3) is 0 Å². The van der Waals surface area contributed by atoms with E-state index >= 15 is 0 Å². The summed E-state index contributed by atoms with van der Waals surface area (Å²) in [7, 11) is 0. The number of carbonyl (C=O) groups is 1. The second-order valence-corrected chi connectivity index (χ2v) is 7.40. The lowest BCUT2D eigenvalue weighted by atomic mass is 9.96. The summed E-state index contributed by atoms with van der Waals surface area (Å²) in [5.41, 5.74) is 5.27. The van der Waals surface area contributed by atoms with Crippen LogP contribution in [0.5, 0.6) is 0 Å². The van der Waals surface area contributed by atoms with Crippen LogP contribution in [0, 0.1) is 5.92 Å². The monoisotopic (exact) mass is 313 g/mol. The highest BCUT2D eigenvalue weighted by atomic mass is 16.6. The number of ether oxygens (including phenoxy) is 2. The van der Waals surface area contributed by atoms with Gasteiger partial charge >= 0.3 is 6.09 Å². The minimum atomic E-state index is -0.418. The molecule has 0 bridgehead atoms. The minimum absolute atomic E-state index is 0.176. The van der Waals surface area contributed by atoms with Gasteiger partial charge < -0.3 is 20.1 Å². The molecule has 1 atom stereocenters. The quantitative estimate of drug-likeness (QED) is 0.850. The van der Waals surface area contributed by atoms with Crippen molar-refractivity contribution in [2.75, 3.05) is 45.9 Å². The van der Waals surface area contributed by atoms with Crippen LogP contribution >= 0.6 is 0 Å². The Labute approximate surface area is 133 Å². The van der Waals surface area contributed by atoms with Gasteiger partial charge in [0.1, 0.15) is 5.60 Å². The Bertz CT molecular complexity index is 362. The highest BCUT2D eigenvalue weighted by Gasteiger charge is 2.28. The number of hydrogen-bond donors (Lipinski definition) is 1. The molecule has 0 unspecified atom stereocenters. The van der Waals surface area contributed by atoms with Crippen molar-refractivity contribution in [1.29, 1.82) is 0 Å². The molecule has 0 aromatic heterocycles. The Hall–Kier alpha value is -0.850. The SMILES string of the molecule is CC(C)(C)OC(=O)N1CCC(CN2CCO[C@H](CN)C2)CC1. The molecule has 0 aliphatic carbocycles. The third-order valence-electron chi connectivity index (χ3n) is 4.27. The summed E-state index contributed by atoms with van der Waals surface area (Å²) in [6.07, 6.45) is 2.09. The molecule has 2 fully saturated rings. The van der Waals surface area contributed by atoms with Gasteiger partial charge in [0.05, 0.1) is 12.7 Å². The summed E-state index contributed by atoms with van der Waals surface area (Å²) in [5.74, 6) is 0.648. The van der Waals surface area contributed by atoms with Gasteiger partial charge in [-0.15, -0.1) is 0 Å². The van der Waals surface area contributed by atoms with Gasteiger partial charge in [0, 0.05) is 39.3 Å². The largest absolute Gasteiger partial charge is 0.444 e. The van der Waals surface area contributed by atoms with Crippen LogP contribution in [0.25, 0.3) is 0 Å². The highest BCUT2D eigenvalue weighted by Crippen LogP contribution is 2.21. The fourth-order valence-corrected chi connectivity index (χ4v) is 3.08. The summed E-state index contributed by atoms with van der Waals surface area (Å²) in [5, 5.41) is 0. The zero-order chi connectivity index (χ0) is 16.2. The Balaban J connectivity index is 1.72. The molecule has 0 spiro atoms. The lowest BCUT2D eigenvalue weighted by Gasteiger charge is -2.38. The number of nitrogens with zero attached hydrogens (tertiary/aromatic N) is 2. The van der Waals surface area contributed by atoms with E-state index in [9.17, 15) is 4.79 Å². The van der Waals surface area contributed by atoms with Crippen molar-refractivity contribution in [2.45, 2.75) is 45.3 Å². The first-order chi connectivity index (χ1) is 10.4. The molecule has 0 aromatic rings. The molecule has 0 radical (unpaired) electrons. The molecule has 2 aliphatic rings. The summed E-state index contributed by atoms with van der Waals surface area (Å²) >= 11 is 0. The Morgan fingerprint density at radius 3 is 2.55 bits per heavy atom. The number of rotatable bonds is 3. The van der Waals surface area contributed by atoms with Crippen LogP contribution in [0.1, 0.15) is 33.6 Å². The third kappa shape index (κ3) is 5.41. The average Bonchev–Trinajstić information content (AvgIpc) is 2.46. The summed E-state index contributed by atoms with van der Waals surface area (Å²) < 4.78 is 11.0. The first-order valence-electron chi connectivity index (χ1n) is 8.39. The van der Waals surface area contributed by atoms with E-state index < -0.39 is 5.60 Å². The standard InChI is InChI=1S/C16H31N3O3/c1-16(2,3)22-15(20)19-6-4-13(5-7-19)11-18-8-9-21-14(10-17)12-18/h13-14H,4-12,17H2,1-3H3/t14-/m1/s1. The molecular formula is C16H31N3O3. The highest BCUT2D eigenvalue weighted by molar-refractivity contribution is 5.68. The maximum Gasteiger partial charge on any atom is 0.410 e. The predicted molar refractivity (Wildman–Crippen MR) is 85.8 cm³/mol. The summed E-state index contributed by atoms with van der Waals surface area (Å²) in [6.45, 7) is 11.7. The van der Waals surface area contributed by atoms with E-state index in [4.69, 9.17) is 15.2 Å². The molecular weight excluding hydrogens is 282 g/mol. The van der Waals surface area contributed by atoms with Crippen LogP contribution in [0.3, 0.4) is 0 Å². The molecule has 2 rings (SSSR count). The number of morpholine rings is 1. The average molecular weight is 313 g/mol. The number of likely N-dealkylation sites (tertiary alicyclic amines) is 1. The Morgan fingerprint density at radius 1 is 1.27 bits per heavy atom. The van der Waals surface area contributed by atoms with E-state index in [-0.39, 0.29) is 12.2 Å². The lowest BCUT2D eigenvalue weighted by molar-refractivity contribution is -0.0313. The van der Waals surface area contributed by atoms with Crippen molar-refractivity contribution in [3.63, 3.8) is 0 Å². The smallest absolute Gasteiger partial charge is 0.410 e. The van der Waals surface area contributed by atoms with E-state index in [0.717, 1.165) is 52.2 Å². The van der Waals surface area contributed by atoms with Gasteiger partial charge in [-0.3, -0.25) is 4.90 Å². The molecule has 2 aliphatic heterocycles. The van der Waals surface area contributed by atoms with Crippen LogP contribution in [0.2, 0.25) is 0 Å². The van der Waals surface area contributed by atoms with Crippen molar-refractivity contribution in [2.24, 2.45) is 11.7 Å². The van der Waals surface area contributed by atoms with Crippen molar-refractivity contribution in [1.82, 2.24) is 9.80 Å². The van der Waals surface area contributed by atoms with Gasteiger partial charge in [-0.25, -0.2) is 4.79 Å². The normalized spacial score (nSPS) is 25.3. The topological polar surface area (TPSA) is 68.0 Å². The second kappa shape index (κ2) is 7.62. The van der Waals surface area contributed by atoms with E-state index in [2.05, 4.69) is 4.90 Å². The molecule has 0 saturated carbocycles. The molecule has 0 aromatic carbocycles. The third-order valence-corrected chi connectivity index (χ3v) is 4.27. The maximum absolute atomic E-state index is 12.1. The predicted octanol–water partition coefficient (Wildman–Crippen LogP) is 1.29. The molecule has 6 heteroatoms. The number of hydrogen-bond acceptors (Lipinski definition) is 5. The molecule has 128 valence electrons. The number of amides is 1. The zero-order valence-corrected chi connectivity index (χ0v) is 14.2. The van der Waals surface area contributed by atoms with E-state index in [1.165, 1.54) is 0 Å².